The minimum Gasteiger partial charge on any atom is -0.502 e. The van der Waals surface area contributed by atoms with Crippen LogP contribution in [0.3, 0.4) is 0 Å². The van der Waals surface area contributed by atoms with E-state index in [0.29, 0.717) is 12.0 Å². The largest absolute Gasteiger partial charge is 0.502 e. The minimum absolute atomic E-state index is 0.201. The van der Waals surface area contributed by atoms with Crippen LogP contribution in [0.2, 0.25) is 0 Å². The van der Waals surface area contributed by atoms with Crippen molar-refractivity contribution in [2.75, 3.05) is 0 Å². The fraction of sp³-hybridized carbons (Fsp3) is 0.375. The predicted molar refractivity (Wildman–Crippen MR) is 44.6 cm³/mol. The van der Waals surface area contributed by atoms with Crippen LogP contribution >= 0.6 is 0 Å². The molecule has 0 saturated carbocycles. The lowest BCUT2D eigenvalue weighted by Crippen LogP contribution is -1.95. The summed E-state index contributed by atoms with van der Waals surface area (Å²) in [6.07, 6.45) is 3.54. The summed E-state index contributed by atoms with van der Waals surface area (Å²) in [6.45, 7) is 0. The van der Waals surface area contributed by atoms with E-state index in [0.717, 1.165) is 24.7 Å². The third-order valence-corrected chi connectivity index (χ3v) is 2.26. The van der Waals surface area contributed by atoms with Gasteiger partial charge >= 0.3 is 5.69 Å². The van der Waals surface area contributed by atoms with E-state index < -0.39 is 4.92 Å². The van der Waals surface area contributed by atoms with E-state index in [1.807, 2.05) is 0 Å². The van der Waals surface area contributed by atoms with Crippen LogP contribution in [0.1, 0.15) is 17.7 Å². The molecular weight excluding hydrogens is 172 g/mol. The fourth-order valence-corrected chi connectivity index (χ4v) is 1.61. The van der Waals surface area contributed by atoms with Crippen molar-refractivity contribution in [2.45, 2.75) is 19.3 Å². The number of aryl methyl sites for hydroxylation is 1. The average Bonchev–Trinajstić information content (AvgIpc) is 2.52. The normalized spacial score (nSPS) is 14.2. The van der Waals surface area contributed by atoms with Gasteiger partial charge in [-0.1, -0.05) is 0 Å². The van der Waals surface area contributed by atoms with E-state index in [-0.39, 0.29) is 11.4 Å². The Hall–Kier alpha value is -1.65. The van der Waals surface area contributed by atoms with Crippen molar-refractivity contribution >= 4 is 5.69 Å². The van der Waals surface area contributed by atoms with Gasteiger partial charge in [0, 0.05) is 11.3 Å². The van der Waals surface area contributed by atoms with Gasteiger partial charge in [0.05, 0.1) is 4.92 Å². The fourth-order valence-electron chi connectivity index (χ4n) is 1.61. The second-order valence-corrected chi connectivity index (χ2v) is 3.03. The molecule has 0 atom stereocenters. The van der Waals surface area contributed by atoms with Crippen molar-refractivity contribution in [3.8, 4) is 5.75 Å². The number of nitrogens with zero attached hydrogens (tertiary/aromatic N) is 2. The molecule has 1 aromatic heterocycles. The second kappa shape index (κ2) is 2.69. The highest BCUT2D eigenvalue weighted by Gasteiger charge is 2.24. The van der Waals surface area contributed by atoms with E-state index in [9.17, 15) is 15.2 Å². The molecule has 68 valence electrons. The summed E-state index contributed by atoms with van der Waals surface area (Å²) in [5, 5.41) is 19.9. The highest BCUT2D eigenvalue weighted by atomic mass is 16.6. The topological polar surface area (TPSA) is 76.3 Å². The van der Waals surface area contributed by atoms with Gasteiger partial charge in [0.15, 0.2) is 0 Å². The lowest BCUT2D eigenvalue weighted by atomic mass is 10.2. The van der Waals surface area contributed by atoms with Crippen molar-refractivity contribution in [3.05, 3.63) is 27.6 Å². The Morgan fingerprint density at radius 3 is 3.00 bits per heavy atom. The molecule has 0 aliphatic heterocycles. The number of aromatic hydroxyl groups is 1. The van der Waals surface area contributed by atoms with Gasteiger partial charge in [-0.3, -0.25) is 15.1 Å². The molecule has 0 spiro atoms. The first-order valence-electron chi connectivity index (χ1n) is 4.04. The van der Waals surface area contributed by atoms with Crippen molar-refractivity contribution in [2.24, 2.45) is 0 Å². The third-order valence-electron chi connectivity index (χ3n) is 2.26. The number of aromatic nitrogens is 1. The molecule has 5 nitrogen and oxygen atoms in total. The first-order valence-corrected chi connectivity index (χ1v) is 4.04. The molecule has 1 aliphatic rings. The van der Waals surface area contributed by atoms with Crippen molar-refractivity contribution < 1.29 is 10.0 Å². The van der Waals surface area contributed by atoms with Crippen molar-refractivity contribution in [1.29, 1.82) is 0 Å². The van der Waals surface area contributed by atoms with Gasteiger partial charge in [-0.05, 0) is 19.3 Å². The SMILES string of the molecule is O=[N+]([O-])c1cnc2c(c1O)CCC2. The highest BCUT2D eigenvalue weighted by Crippen LogP contribution is 2.35. The zero-order chi connectivity index (χ0) is 9.42. The highest BCUT2D eigenvalue weighted by molar-refractivity contribution is 5.52. The molecule has 0 unspecified atom stereocenters. The minimum atomic E-state index is -0.610. The monoisotopic (exact) mass is 180 g/mol. The summed E-state index contributed by atoms with van der Waals surface area (Å²) in [7, 11) is 0. The molecule has 0 amide bonds. The Kier molecular flexibility index (Phi) is 1.65. The summed E-state index contributed by atoms with van der Waals surface area (Å²) in [4.78, 5) is 13.8. The number of hydrogen-bond acceptors (Lipinski definition) is 4. The van der Waals surface area contributed by atoms with Gasteiger partial charge in [-0.2, -0.15) is 0 Å². The second-order valence-electron chi connectivity index (χ2n) is 3.03. The van der Waals surface area contributed by atoms with Gasteiger partial charge in [0.25, 0.3) is 0 Å². The molecule has 1 aromatic rings. The van der Waals surface area contributed by atoms with Gasteiger partial charge in [-0.25, -0.2) is 0 Å². The van der Waals surface area contributed by atoms with E-state index >= 15 is 0 Å². The van der Waals surface area contributed by atoms with Crippen LogP contribution in [0.15, 0.2) is 6.20 Å². The van der Waals surface area contributed by atoms with E-state index in [2.05, 4.69) is 4.98 Å². The molecule has 13 heavy (non-hydrogen) atoms. The van der Waals surface area contributed by atoms with Crippen LogP contribution in [0.25, 0.3) is 0 Å². The maximum atomic E-state index is 10.4. The van der Waals surface area contributed by atoms with Gasteiger partial charge < -0.3 is 5.11 Å². The predicted octanol–water partition coefficient (Wildman–Crippen LogP) is 1.18. The molecule has 2 rings (SSSR count). The van der Waals surface area contributed by atoms with Crippen molar-refractivity contribution in [1.82, 2.24) is 4.98 Å². The van der Waals surface area contributed by atoms with Crippen LogP contribution < -0.4 is 0 Å². The zero-order valence-electron chi connectivity index (χ0n) is 6.86. The molecule has 0 bridgehead atoms. The lowest BCUT2D eigenvalue weighted by molar-refractivity contribution is -0.386. The van der Waals surface area contributed by atoms with Crippen LogP contribution in [-0.2, 0) is 12.8 Å². The molecule has 1 aliphatic carbocycles. The first kappa shape index (κ1) is 7.97. The van der Waals surface area contributed by atoms with Gasteiger partial charge in [0.1, 0.15) is 6.20 Å². The smallest absolute Gasteiger partial charge is 0.329 e. The number of nitro groups is 1. The molecule has 1 heterocycles. The quantitative estimate of drug-likeness (QED) is 0.520. The Balaban J connectivity index is 2.59. The molecule has 0 saturated heterocycles. The van der Waals surface area contributed by atoms with E-state index in [1.54, 1.807) is 0 Å². The molecule has 1 N–H and O–H groups in total. The van der Waals surface area contributed by atoms with Gasteiger partial charge in [-0.15, -0.1) is 0 Å². The van der Waals surface area contributed by atoms with Crippen LogP contribution in [0.5, 0.6) is 5.75 Å². The number of rotatable bonds is 1. The maximum Gasteiger partial charge on any atom is 0.329 e. The Bertz CT molecular complexity index is 376. The van der Waals surface area contributed by atoms with Crippen LogP contribution in [0.4, 0.5) is 5.69 Å². The Labute approximate surface area is 74.2 Å². The maximum absolute atomic E-state index is 10.4. The van der Waals surface area contributed by atoms with Crippen molar-refractivity contribution in [3.63, 3.8) is 0 Å². The molecule has 5 heteroatoms. The van der Waals surface area contributed by atoms with E-state index in [4.69, 9.17) is 0 Å². The number of fused-ring (bicyclic) bond motifs is 1. The third kappa shape index (κ3) is 1.12. The summed E-state index contributed by atoms with van der Waals surface area (Å²) < 4.78 is 0. The summed E-state index contributed by atoms with van der Waals surface area (Å²) in [5.74, 6) is -0.201. The standard InChI is InChI=1S/C8H8N2O3/c11-8-5-2-1-3-6(5)9-4-7(8)10(12)13/h4H,1-3H2,(H,9,11). The molecule has 0 radical (unpaired) electrons. The summed E-state index contributed by atoms with van der Waals surface area (Å²) in [5.41, 5.74) is 1.15. The first-order chi connectivity index (χ1) is 6.20. The lowest BCUT2D eigenvalue weighted by Gasteiger charge is -2.01. The Morgan fingerprint density at radius 2 is 2.31 bits per heavy atom. The van der Waals surface area contributed by atoms with Crippen LogP contribution in [-0.4, -0.2) is 15.0 Å². The van der Waals surface area contributed by atoms with E-state index in [1.165, 1.54) is 0 Å². The molecule has 0 fully saturated rings. The zero-order valence-corrected chi connectivity index (χ0v) is 6.86. The average molecular weight is 180 g/mol. The molecular formula is C8H8N2O3. The molecule has 0 aromatic carbocycles. The Morgan fingerprint density at radius 1 is 1.54 bits per heavy atom. The summed E-state index contributed by atoms with van der Waals surface area (Å²) >= 11 is 0. The number of hydrogen-bond donors (Lipinski definition) is 1. The summed E-state index contributed by atoms with van der Waals surface area (Å²) in [6, 6.07) is 0. The number of pyridine rings is 1. The van der Waals surface area contributed by atoms with Crippen LogP contribution in [0, 0.1) is 10.1 Å². The van der Waals surface area contributed by atoms with Gasteiger partial charge in [0.2, 0.25) is 5.75 Å².